The summed E-state index contributed by atoms with van der Waals surface area (Å²) in [6, 6.07) is 20.1. The number of benzene rings is 2. The molecule has 1 fully saturated rings. The van der Waals surface area contributed by atoms with Crippen molar-refractivity contribution >= 4 is 12.0 Å². The summed E-state index contributed by atoms with van der Waals surface area (Å²) in [4.78, 5) is 18.1. The lowest BCUT2D eigenvalue weighted by Crippen LogP contribution is -2.25. The minimum Gasteiger partial charge on any atom is -0.303 e. The molecular formula is C20H23NO2. The van der Waals surface area contributed by atoms with Crippen molar-refractivity contribution in [2.75, 3.05) is 5.06 Å². The van der Waals surface area contributed by atoms with Gasteiger partial charge in [0.1, 0.15) is 6.29 Å². The van der Waals surface area contributed by atoms with E-state index in [9.17, 15) is 4.79 Å². The van der Waals surface area contributed by atoms with E-state index in [1.807, 2.05) is 53.6 Å². The van der Waals surface area contributed by atoms with E-state index in [-0.39, 0.29) is 18.1 Å². The average Bonchev–Trinajstić information content (AvgIpc) is 3.00. The maximum absolute atomic E-state index is 11.8. The van der Waals surface area contributed by atoms with Crippen LogP contribution in [-0.4, -0.2) is 12.4 Å². The van der Waals surface area contributed by atoms with Crippen LogP contribution in [-0.2, 0) is 9.63 Å². The van der Waals surface area contributed by atoms with Gasteiger partial charge in [0.15, 0.2) is 0 Å². The maximum Gasteiger partial charge on any atom is 0.128 e. The maximum atomic E-state index is 11.8. The van der Waals surface area contributed by atoms with Gasteiger partial charge < -0.3 is 4.79 Å². The molecule has 1 aliphatic heterocycles. The second kappa shape index (κ2) is 7.42. The summed E-state index contributed by atoms with van der Waals surface area (Å²) < 4.78 is 0. The monoisotopic (exact) mass is 309 g/mol. The van der Waals surface area contributed by atoms with Gasteiger partial charge in [-0.1, -0.05) is 68.3 Å². The van der Waals surface area contributed by atoms with Crippen molar-refractivity contribution in [1.29, 1.82) is 0 Å². The lowest BCUT2D eigenvalue weighted by atomic mass is 9.88. The van der Waals surface area contributed by atoms with E-state index in [4.69, 9.17) is 4.84 Å². The topological polar surface area (TPSA) is 29.5 Å². The number of nitrogens with zero attached hydrogens (tertiary/aromatic N) is 1. The Morgan fingerprint density at radius 3 is 2.30 bits per heavy atom. The molecule has 2 aromatic carbocycles. The van der Waals surface area contributed by atoms with Crippen LogP contribution in [0, 0.1) is 5.92 Å². The molecule has 1 aliphatic rings. The Hall–Kier alpha value is -2.13. The van der Waals surface area contributed by atoms with Crippen LogP contribution in [0.5, 0.6) is 0 Å². The van der Waals surface area contributed by atoms with Crippen molar-refractivity contribution in [3.05, 3.63) is 66.2 Å². The first-order valence-corrected chi connectivity index (χ1v) is 8.36. The van der Waals surface area contributed by atoms with E-state index in [1.165, 1.54) is 0 Å². The Kier molecular flexibility index (Phi) is 5.09. The van der Waals surface area contributed by atoms with Gasteiger partial charge in [-0.25, -0.2) is 5.06 Å². The highest BCUT2D eigenvalue weighted by atomic mass is 16.7. The summed E-state index contributed by atoms with van der Waals surface area (Å²) in [5.41, 5.74) is 2.11. The molecule has 3 heteroatoms. The number of anilines is 1. The van der Waals surface area contributed by atoms with E-state index in [2.05, 4.69) is 19.1 Å². The largest absolute Gasteiger partial charge is 0.303 e. The SMILES string of the molecule is CCCC[C@H]1ON(c2ccccc2)[C@H](c2ccccc2)[C@@H]1C=O. The van der Waals surface area contributed by atoms with Crippen molar-refractivity contribution in [1.82, 2.24) is 0 Å². The van der Waals surface area contributed by atoms with Crippen LogP contribution >= 0.6 is 0 Å². The predicted molar refractivity (Wildman–Crippen MR) is 92.1 cm³/mol. The minimum absolute atomic E-state index is 0.0575. The molecule has 3 atom stereocenters. The van der Waals surface area contributed by atoms with Gasteiger partial charge in [-0.05, 0) is 24.1 Å². The zero-order chi connectivity index (χ0) is 16.1. The molecule has 0 aliphatic carbocycles. The van der Waals surface area contributed by atoms with Crippen LogP contribution in [0.25, 0.3) is 0 Å². The van der Waals surface area contributed by atoms with E-state index >= 15 is 0 Å². The minimum atomic E-state index is -0.149. The van der Waals surface area contributed by atoms with E-state index in [0.29, 0.717) is 0 Å². The van der Waals surface area contributed by atoms with Crippen molar-refractivity contribution in [2.24, 2.45) is 5.92 Å². The zero-order valence-electron chi connectivity index (χ0n) is 13.5. The number of aldehydes is 1. The number of hydrogen-bond donors (Lipinski definition) is 0. The molecule has 0 N–H and O–H groups in total. The van der Waals surface area contributed by atoms with Gasteiger partial charge in [-0.2, -0.15) is 0 Å². The van der Waals surface area contributed by atoms with Gasteiger partial charge in [0.2, 0.25) is 0 Å². The molecule has 1 heterocycles. The van der Waals surface area contributed by atoms with Gasteiger partial charge in [0.25, 0.3) is 0 Å². The molecule has 120 valence electrons. The Morgan fingerprint density at radius 1 is 1.04 bits per heavy atom. The van der Waals surface area contributed by atoms with Crippen LogP contribution in [0.1, 0.15) is 37.8 Å². The molecular weight excluding hydrogens is 286 g/mol. The van der Waals surface area contributed by atoms with E-state index in [1.54, 1.807) is 0 Å². The Labute approximate surface area is 137 Å². The summed E-state index contributed by atoms with van der Waals surface area (Å²) in [5, 5.41) is 1.93. The Bertz CT molecular complexity index is 614. The highest BCUT2D eigenvalue weighted by Gasteiger charge is 2.43. The Morgan fingerprint density at radius 2 is 1.70 bits per heavy atom. The molecule has 3 nitrogen and oxygen atoms in total. The standard InChI is InChI=1S/C20H23NO2/c1-2-3-14-19-18(15-22)20(16-10-6-4-7-11-16)21(23-19)17-12-8-5-9-13-17/h4-13,15,18-20H,2-3,14H2,1H3/t18-,19-,20-/m1/s1. The molecule has 0 amide bonds. The third-order valence-corrected chi connectivity index (χ3v) is 4.45. The first kappa shape index (κ1) is 15.8. The van der Waals surface area contributed by atoms with Crippen LogP contribution in [0.2, 0.25) is 0 Å². The molecule has 0 spiro atoms. The van der Waals surface area contributed by atoms with Gasteiger partial charge in [0.05, 0.1) is 23.8 Å². The van der Waals surface area contributed by atoms with E-state index < -0.39 is 0 Å². The molecule has 0 aromatic heterocycles. The number of unbranched alkanes of at least 4 members (excludes halogenated alkanes) is 1. The fraction of sp³-hybridized carbons (Fsp3) is 0.350. The molecule has 1 saturated heterocycles. The third-order valence-electron chi connectivity index (χ3n) is 4.45. The number of para-hydroxylation sites is 1. The lowest BCUT2D eigenvalue weighted by molar-refractivity contribution is -0.113. The lowest BCUT2D eigenvalue weighted by Gasteiger charge is -2.26. The van der Waals surface area contributed by atoms with Gasteiger partial charge in [0, 0.05) is 0 Å². The summed E-state index contributed by atoms with van der Waals surface area (Å²) >= 11 is 0. The molecule has 2 aromatic rings. The number of hydroxylamine groups is 1. The van der Waals surface area contributed by atoms with Gasteiger partial charge >= 0.3 is 0 Å². The summed E-state index contributed by atoms with van der Waals surface area (Å²) in [6.07, 6.45) is 4.09. The van der Waals surface area contributed by atoms with Crippen molar-refractivity contribution in [3.63, 3.8) is 0 Å². The summed E-state index contributed by atoms with van der Waals surface area (Å²) in [6.45, 7) is 2.16. The van der Waals surface area contributed by atoms with Crippen LogP contribution in [0.3, 0.4) is 0 Å². The summed E-state index contributed by atoms with van der Waals surface area (Å²) in [5.74, 6) is -0.149. The number of rotatable bonds is 6. The highest BCUT2D eigenvalue weighted by Crippen LogP contribution is 2.42. The quantitative estimate of drug-likeness (QED) is 0.733. The molecule has 23 heavy (non-hydrogen) atoms. The first-order valence-electron chi connectivity index (χ1n) is 8.36. The average molecular weight is 309 g/mol. The predicted octanol–water partition coefficient (Wildman–Crippen LogP) is 4.55. The molecule has 0 unspecified atom stereocenters. The zero-order valence-corrected chi connectivity index (χ0v) is 13.5. The number of carbonyl (C=O) groups is 1. The fourth-order valence-electron chi connectivity index (χ4n) is 3.26. The molecule has 3 rings (SSSR count). The molecule has 0 radical (unpaired) electrons. The van der Waals surface area contributed by atoms with Gasteiger partial charge in [-0.3, -0.25) is 4.84 Å². The van der Waals surface area contributed by atoms with Gasteiger partial charge in [-0.15, -0.1) is 0 Å². The Balaban J connectivity index is 1.96. The van der Waals surface area contributed by atoms with Crippen LogP contribution < -0.4 is 5.06 Å². The number of carbonyl (C=O) groups excluding carboxylic acids is 1. The highest BCUT2D eigenvalue weighted by molar-refractivity contribution is 5.61. The van der Waals surface area contributed by atoms with Crippen molar-refractivity contribution in [3.8, 4) is 0 Å². The third kappa shape index (κ3) is 3.30. The van der Waals surface area contributed by atoms with E-state index in [0.717, 1.165) is 36.8 Å². The normalized spacial score (nSPS) is 23.9. The van der Waals surface area contributed by atoms with Crippen molar-refractivity contribution < 1.29 is 9.63 Å². The number of hydrogen-bond acceptors (Lipinski definition) is 3. The van der Waals surface area contributed by atoms with Crippen molar-refractivity contribution in [2.45, 2.75) is 38.3 Å². The fourth-order valence-corrected chi connectivity index (χ4v) is 3.26. The second-order valence-electron chi connectivity index (χ2n) is 6.02. The summed E-state index contributed by atoms with van der Waals surface area (Å²) in [7, 11) is 0. The smallest absolute Gasteiger partial charge is 0.128 e. The first-order chi connectivity index (χ1) is 11.3. The second-order valence-corrected chi connectivity index (χ2v) is 6.02. The molecule has 0 saturated carbocycles. The molecule has 0 bridgehead atoms. The van der Waals surface area contributed by atoms with Crippen LogP contribution in [0.4, 0.5) is 5.69 Å². The van der Waals surface area contributed by atoms with Crippen LogP contribution in [0.15, 0.2) is 60.7 Å².